The molecule has 0 amide bonds. The van der Waals surface area contributed by atoms with Crippen molar-refractivity contribution in [1.29, 1.82) is 0 Å². The van der Waals surface area contributed by atoms with Gasteiger partial charge in [0, 0.05) is 25.2 Å². The average Bonchev–Trinajstić information content (AvgIpc) is 2.05. The Morgan fingerprint density at radius 2 is 1.85 bits per heavy atom. The van der Waals surface area contributed by atoms with Crippen molar-refractivity contribution in [3.8, 4) is 0 Å². The second-order valence-corrected chi connectivity index (χ2v) is 3.73. The molecule has 0 radical (unpaired) electrons. The number of benzene rings is 1. The molecule has 0 heterocycles. The van der Waals surface area contributed by atoms with Gasteiger partial charge >= 0.3 is 0 Å². The van der Waals surface area contributed by atoms with E-state index in [0.29, 0.717) is 6.42 Å². The highest BCUT2D eigenvalue weighted by Crippen LogP contribution is 2.15. The molecule has 70 valence electrons. The Morgan fingerprint density at radius 3 is 2.31 bits per heavy atom. The standard InChI is InChI=1S/C10H13NO2/c1-10(2,11(12)13)8-9-6-4-3-5-7-9/h3-7H,8H2,1-2H3. The van der Waals surface area contributed by atoms with E-state index in [9.17, 15) is 10.1 Å². The van der Waals surface area contributed by atoms with E-state index in [1.165, 1.54) is 0 Å². The molecule has 0 unspecified atom stereocenters. The van der Waals surface area contributed by atoms with Crippen LogP contribution in [0, 0.1) is 10.1 Å². The third kappa shape index (κ3) is 2.54. The molecule has 0 N–H and O–H groups in total. The van der Waals surface area contributed by atoms with Gasteiger partial charge in [-0.3, -0.25) is 10.1 Å². The Kier molecular flexibility index (Phi) is 2.66. The second-order valence-electron chi connectivity index (χ2n) is 3.73. The SMILES string of the molecule is CC(C)(Cc1ccccc1)[N+](=O)[O-]. The molecule has 0 aromatic heterocycles. The molecule has 0 aliphatic carbocycles. The smallest absolute Gasteiger partial charge is 0.220 e. The van der Waals surface area contributed by atoms with Gasteiger partial charge in [-0.2, -0.15) is 0 Å². The topological polar surface area (TPSA) is 43.1 Å². The van der Waals surface area contributed by atoms with Gasteiger partial charge in [0.15, 0.2) is 0 Å². The molecule has 0 aliphatic heterocycles. The second kappa shape index (κ2) is 3.56. The monoisotopic (exact) mass is 179 g/mol. The van der Waals surface area contributed by atoms with Crippen LogP contribution in [-0.2, 0) is 6.42 Å². The maximum Gasteiger partial charge on any atom is 0.220 e. The van der Waals surface area contributed by atoms with Crippen LogP contribution in [0.15, 0.2) is 30.3 Å². The third-order valence-electron chi connectivity index (χ3n) is 1.97. The van der Waals surface area contributed by atoms with Crippen LogP contribution < -0.4 is 0 Å². The normalized spacial score (nSPS) is 11.2. The molecule has 3 nitrogen and oxygen atoms in total. The fraction of sp³-hybridized carbons (Fsp3) is 0.400. The fourth-order valence-electron chi connectivity index (χ4n) is 1.16. The lowest BCUT2D eigenvalue weighted by atomic mass is 9.96. The molecule has 1 aromatic carbocycles. The minimum atomic E-state index is -0.874. The highest BCUT2D eigenvalue weighted by Gasteiger charge is 2.30. The Morgan fingerprint density at radius 1 is 1.31 bits per heavy atom. The quantitative estimate of drug-likeness (QED) is 0.527. The van der Waals surface area contributed by atoms with Gasteiger partial charge in [0.25, 0.3) is 0 Å². The predicted molar refractivity (Wildman–Crippen MR) is 51.2 cm³/mol. The number of hydrogen-bond acceptors (Lipinski definition) is 2. The van der Waals surface area contributed by atoms with Gasteiger partial charge in [-0.25, -0.2) is 0 Å². The molecule has 0 saturated carbocycles. The van der Waals surface area contributed by atoms with Crippen molar-refractivity contribution in [2.75, 3.05) is 0 Å². The van der Waals surface area contributed by atoms with E-state index in [-0.39, 0.29) is 4.92 Å². The van der Waals surface area contributed by atoms with E-state index >= 15 is 0 Å². The number of rotatable bonds is 3. The van der Waals surface area contributed by atoms with E-state index in [0.717, 1.165) is 5.56 Å². The van der Waals surface area contributed by atoms with Gasteiger partial charge < -0.3 is 0 Å². The van der Waals surface area contributed by atoms with Crippen LogP contribution in [0.1, 0.15) is 19.4 Å². The van der Waals surface area contributed by atoms with Crippen molar-refractivity contribution in [1.82, 2.24) is 0 Å². The molecular formula is C10H13NO2. The van der Waals surface area contributed by atoms with Crippen LogP contribution in [0.3, 0.4) is 0 Å². The highest BCUT2D eigenvalue weighted by atomic mass is 16.6. The summed E-state index contributed by atoms with van der Waals surface area (Å²) in [6.07, 6.45) is 0.473. The zero-order chi connectivity index (χ0) is 9.90. The highest BCUT2D eigenvalue weighted by molar-refractivity contribution is 5.16. The van der Waals surface area contributed by atoms with Crippen LogP contribution >= 0.6 is 0 Å². The molecule has 1 rings (SSSR count). The molecule has 0 aliphatic rings. The van der Waals surface area contributed by atoms with E-state index in [1.807, 2.05) is 30.3 Å². The molecule has 0 atom stereocenters. The minimum Gasteiger partial charge on any atom is -0.264 e. The zero-order valence-corrected chi connectivity index (χ0v) is 7.86. The lowest BCUT2D eigenvalue weighted by Crippen LogP contribution is -2.33. The first-order valence-electron chi connectivity index (χ1n) is 4.21. The van der Waals surface area contributed by atoms with E-state index < -0.39 is 5.54 Å². The van der Waals surface area contributed by atoms with Crippen LogP contribution in [0.25, 0.3) is 0 Å². The molecule has 0 spiro atoms. The van der Waals surface area contributed by atoms with Gasteiger partial charge in [0.05, 0.1) is 0 Å². The minimum absolute atomic E-state index is 0.236. The van der Waals surface area contributed by atoms with Crippen LogP contribution in [-0.4, -0.2) is 10.5 Å². The van der Waals surface area contributed by atoms with Gasteiger partial charge in [0.1, 0.15) is 0 Å². The van der Waals surface area contributed by atoms with E-state index in [2.05, 4.69) is 0 Å². The first-order valence-corrected chi connectivity index (χ1v) is 4.21. The van der Waals surface area contributed by atoms with Gasteiger partial charge in [-0.15, -0.1) is 0 Å². The number of nitrogens with zero attached hydrogens (tertiary/aromatic N) is 1. The maximum atomic E-state index is 10.6. The Bertz CT molecular complexity index is 293. The first kappa shape index (κ1) is 9.71. The Balaban J connectivity index is 2.75. The Hall–Kier alpha value is -1.38. The summed E-state index contributed by atoms with van der Waals surface area (Å²) in [5, 5.41) is 10.6. The summed E-state index contributed by atoms with van der Waals surface area (Å²) in [5.74, 6) is 0. The molecule has 1 aromatic rings. The molecule has 0 saturated heterocycles. The predicted octanol–water partition coefficient (Wildman–Crippen LogP) is 2.28. The van der Waals surface area contributed by atoms with Crippen molar-refractivity contribution in [3.63, 3.8) is 0 Å². The fourth-order valence-corrected chi connectivity index (χ4v) is 1.16. The zero-order valence-electron chi connectivity index (χ0n) is 7.86. The lowest BCUT2D eigenvalue weighted by Gasteiger charge is -2.14. The summed E-state index contributed by atoms with van der Waals surface area (Å²) < 4.78 is 0. The van der Waals surface area contributed by atoms with Crippen molar-refractivity contribution in [3.05, 3.63) is 46.0 Å². The summed E-state index contributed by atoms with van der Waals surface area (Å²) >= 11 is 0. The van der Waals surface area contributed by atoms with Crippen molar-refractivity contribution < 1.29 is 4.92 Å². The average molecular weight is 179 g/mol. The van der Waals surface area contributed by atoms with E-state index in [1.54, 1.807) is 13.8 Å². The van der Waals surface area contributed by atoms with Gasteiger partial charge in [-0.05, 0) is 5.56 Å². The molecule has 0 bridgehead atoms. The van der Waals surface area contributed by atoms with Crippen molar-refractivity contribution >= 4 is 0 Å². The number of nitro groups is 1. The first-order chi connectivity index (χ1) is 6.02. The van der Waals surface area contributed by atoms with Crippen molar-refractivity contribution in [2.24, 2.45) is 0 Å². The molecular weight excluding hydrogens is 166 g/mol. The summed E-state index contributed by atoms with van der Waals surface area (Å²) in [6.45, 7) is 3.28. The largest absolute Gasteiger partial charge is 0.264 e. The van der Waals surface area contributed by atoms with Gasteiger partial charge in [0.2, 0.25) is 5.54 Å². The van der Waals surface area contributed by atoms with Crippen LogP contribution in [0.2, 0.25) is 0 Å². The van der Waals surface area contributed by atoms with Crippen molar-refractivity contribution in [2.45, 2.75) is 25.8 Å². The number of hydrogen-bond donors (Lipinski definition) is 0. The summed E-state index contributed by atoms with van der Waals surface area (Å²) in [7, 11) is 0. The molecule has 13 heavy (non-hydrogen) atoms. The summed E-state index contributed by atoms with van der Waals surface area (Å²) in [4.78, 5) is 10.4. The summed E-state index contributed by atoms with van der Waals surface area (Å²) in [6, 6.07) is 9.51. The maximum absolute atomic E-state index is 10.6. The Labute approximate surface area is 77.5 Å². The third-order valence-corrected chi connectivity index (χ3v) is 1.97. The van der Waals surface area contributed by atoms with Gasteiger partial charge in [-0.1, -0.05) is 30.3 Å². The van der Waals surface area contributed by atoms with E-state index in [4.69, 9.17) is 0 Å². The van der Waals surface area contributed by atoms with Crippen LogP contribution in [0.4, 0.5) is 0 Å². The van der Waals surface area contributed by atoms with Crippen LogP contribution in [0.5, 0.6) is 0 Å². The molecule has 3 heteroatoms. The molecule has 0 fully saturated rings. The lowest BCUT2D eigenvalue weighted by molar-refractivity contribution is -0.560. The summed E-state index contributed by atoms with van der Waals surface area (Å²) in [5.41, 5.74) is 0.130.